The minimum Gasteiger partial charge on any atom is -0.353 e. The SMILES string of the molecule is O=C(NCc1ccccc1F)c1ccc(N2CCN(c3ncccn3)CC2)nc1. The average molecular weight is 392 g/mol. The van der Waals surface area contributed by atoms with Gasteiger partial charge in [0.15, 0.2) is 0 Å². The lowest BCUT2D eigenvalue weighted by Gasteiger charge is -2.35. The Labute approximate surface area is 168 Å². The summed E-state index contributed by atoms with van der Waals surface area (Å²) in [7, 11) is 0. The first kappa shape index (κ1) is 18.8. The zero-order valence-corrected chi connectivity index (χ0v) is 15.8. The van der Waals surface area contributed by atoms with Crippen LogP contribution in [0.2, 0.25) is 0 Å². The molecule has 0 saturated carbocycles. The summed E-state index contributed by atoms with van der Waals surface area (Å²) >= 11 is 0. The van der Waals surface area contributed by atoms with Crippen LogP contribution in [0.25, 0.3) is 0 Å². The topological polar surface area (TPSA) is 74.2 Å². The highest BCUT2D eigenvalue weighted by molar-refractivity contribution is 5.94. The van der Waals surface area contributed by atoms with Crippen LogP contribution < -0.4 is 15.1 Å². The van der Waals surface area contributed by atoms with Crippen LogP contribution in [0.5, 0.6) is 0 Å². The van der Waals surface area contributed by atoms with Crippen LogP contribution in [0, 0.1) is 5.82 Å². The minimum atomic E-state index is -0.332. The second-order valence-corrected chi connectivity index (χ2v) is 6.70. The van der Waals surface area contributed by atoms with Gasteiger partial charge in [-0.05, 0) is 24.3 Å². The summed E-state index contributed by atoms with van der Waals surface area (Å²) in [5.41, 5.74) is 0.895. The van der Waals surface area contributed by atoms with Gasteiger partial charge in [0.1, 0.15) is 11.6 Å². The average Bonchev–Trinajstić information content (AvgIpc) is 2.79. The molecule has 0 aliphatic carbocycles. The van der Waals surface area contributed by atoms with Crippen molar-refractivity contribution in [1.82, 2.24) is 20.3 Å². The van der Waals surface area contributed by atoms with Gasteiger partial charge in [-0.1, -0.05) is 18.2 Å². The van der Waals surface area contributed by atoms with Gasteiger partial charge in [0.25, 0.3) is 5.91 Å². The minimum absolute atomic E-state index is 0.136. The first-order chi connectivity index (χ1) is 14.2. The fourth-order valence-corrected chi connectivity index (χ4v) is 3.22. The highest BCUT2D eigenvalue weighted by Gasteiger charge is 2.20. The molecule has 0 radical (unpaired) electrons. The monoisotopic (exact) mass is 392 g/mol. The molecule has 1 saturated heterocycles. The molecular weight excluding hydrogens is 371 g/mol. The van der Waals surface area contributed by atoms with Gasteiger partial charge in [0, 0.05) is 56.9 Å². The fraction of sp³-hybridized carbons (Fsp3) is 0.238. The third-order valence-electron chi connectivity index (χ3n) is 4.85. The van der Waals surface area contributed by atoms with Crippen LogP contribution in [0.4, 0.5) is 16.2 Å². The maximum atomic E-state index is 13.7. The lowest BCUT2D eigenvalue weighted by atomic mass is 10.2. The van der Waals surface area contributed by atoms with Crippen LogP contribution in [-0.2, 0) is 6.54 Å². The number of nitrogens with zero attached hydrogens (tertiary/aromatic N) is 5. The van der Waals surface area contributed by atoms with Gasteiger partial charge in [0.05, 0.1) is 5.56 Å². The van der Waals surface area contributed by atoms with Crippen molar-refractivity contribution in [3.8, 4) is 0 Å². The zero-order valence-electron chi connectivity index (χ0n) is 15.8. The molecule has 0 spiro atoms. The lowest BCUT2D eigenvalue weighted by Crippen LogP contribution is -2.47. The Hall–Kier alpha value is -3.55. The lowest BCUT2D eigenvalue weighted by molar-refractivity contribution is 0.0950. The number of carbonyl (C=O) groups is 1. The van der Waals surface area contributed by atoms with Crippen molar-refractivity contribution >= 4 is 17.7 Å². The zero-order chi connectivity index (χ0) is 20.1. The molecule has 4 rings (SSSR count). The van der Waals surface area contributed by atoms with E-state index in [1.54, 1.807) is 48.9 Å². The van der Waals surface area contributed by atoms with Gasteiger partial charge < -0.3 is 15.1 Å². The maximum absolute atomic E-state index is 13.7. The molecule has 1 fully saturated rings. The number of nitrogens with one attached hydrogen (secondary N) is 1. The van der Waals surface area contributed by atoms with Gasteiger partial charge >= 0.3 is 0 Å². The van der Waals surface area contributed by atoms with Crippen molar-refractivity contribution in [2.24, 2.45) is 0 Å². The molecule has 1 aliphatic rings. The maximum Gasteiger partial charge on any atom is 0.253 e. The number of amides is 1. The molecule has 1 N–H and O–H groups in total. The number of halogens is 1. The molecule has 148 valence electrons. The van der Waals surface area contributed by atoms with Gasteiger partial charge in [-0.2, -0.15) is 0 Å². The Balaban J connectivity index is 1.32. The summed E-state index contributed by atoms with van der Waals surface area (Å²) in [6.45, 7) is 3.33. The molecule has 1 amide bonds. The molecule has 1 aromatic carbocycles. The van der Waals surface area contributed by atoms with E-state index in [0.29, 0.717) is 11.1 Å². The Morgan fingerprint density at radius 1 is 0.931 bits per heavy atom. The number of pyridine rings is 1. The molecule has 1 aliphatic heterocycles. The van der Waals surface area contributed by atoms with E-state index in [-0.39, 0.29) is 18.3 Å². The highest BCUT2D eigenvalue weighted by Crippen LogP contribution is 2.16. The first-order valence-corrected chi connectivity index (χ1v) is 9.45. The van der Waals surface area contributed by atoms with E-state index in [9.17, 15) is 9.18 Å². The van der Waals surface area contributed by atoms with Gasteiger partial charge in [-0.3, -0.25) is 4.79 Å². The molecule has 3 heterocycles. The van der Waals surface area contributed by atoms with Crippen molar-refractivity contribution in [1.29, 1.82) is 0 Å². The molecule has 8 heteroatoms. The standard InChI is InChI=1S/C21H21FN6O/c22-18-5-2-1-4-16(18)14-26-20(29)17-6-7-19(25-15-17)27-10-12-28(13-11-27)21-23-8-3-9-24-21/h1-9,15H,10-14H2,(H,26,29). The number of carbonyl (C=O) groups excluding carboxylic acids is 1. The molecule has 0 unspecified atom stereocenters. The van der Waals surface area contributed by atoms with Crippen molar-refractivity contribution < 1.29 is 9.18 Å². The van der Waals surface area contributed by atoms with E-state index < -0.39 is 0 Å². The molecule has 3 aromatic rings. The summed E-state index contributed by atoms with van der Waals surface area (Å²) in [4.78, 5) is 29.6. The Morgan fingerprint density at radius 3 is 2.34 bits per heavy atom. The van der Waals surface area contributed by atoms with Crippen molar-refractivity contribution in [3.05, 3.63) is 78.0 Å². The molecular formula is C21H21FN6O. The largest absolute Gasteiger partial charge is 0.353 e. The Morgan fingerprint density at radius 2 is 1.66 bits per heavy atom. The molecule has 29 heavy (non-hydrogen) atoms. The van der Waals surface area contributed by atoms with Crippen LogP contribution in [0.1, 0.15) is 15.9 Å². The predicted octanol–water partition coefficient (Wildman–Crippen LogP) is 2.27. The van der Waals surface area contributed by atoms with E-state index in [2.05, 4.69) is 30.1 Å². The number of hydrogen-bond acceptors (Lipinski definition) is 6. The van der Waals surface area contributed by atoms with Gasteiger partial charge in [-0.15, -0.1) is 0 Å². The molecule has 0 bridgehead atoms. The van der Waals surface area contributed by atoms with Crippen LogP contribution >= 0.6 is 0 Å². The summed E-state index contributed by atoms with van der Waals surface area (Å²) in [5, 5.41) is 2.73. The van der Waals surface area contributed by atoms with Crippen molar-refractivity contribution in [3.63, 3.8) is 0 Å². The van der Waals surface area contributed by atoms with Gasteiger partial charge in [0.2, 0.25) is 5.95 Å². The van der Waals surface area contributed by atoms with E-state index in [0.717, 1.165) is 37.9 Å². The molecule has 2 aromatic heterocycles. The molecule has 7 nitrogen and oxygen atoms in total. The number of anilines is 2. The van der Waals surface area contributed by atoms with Crippen LogP contribution in [-0.4, -0.2) is 47.0 Å². The Bertz CT molecular complexity index is 958. The summed E-state index contributed by atoms with van der Waals surface area (Å²) < 4.78 is 13.7. The highest BCUT2D eigenvalue weighted by atomic mass is 19.1. The number of rotatable bonds is 5. The Kier molecular flexibility index (Phi) is 5.60. The van der Waals surface area contributed by atoms with Crippen molar-refractivity contribution in [2.75, 3.05) is 36.0 Å². The van der Waals surface area contributed by atoms with Crippen LogP contribution in [0.3, 0.4) is 0 Å². The number of piperazine rings is 1. The number of hydrogen-bond donors (Lipinski definition) is 1. The van der Waals surface area contributed by atoms with E-state index in [4.69, 9.17) is 0 Å². The third-order valence-corrected chi connectivity index (χ3v) is 4.85. The first-order valence-electron chi connectivity index (χ1n) is 9.45. The van der Waals surface area contributed by atoms with E-state index in [1.165, 1.54) is 6.07 Å². The summed E-state index contributed by atoms with van der Waals surface area (Å²) in [5.74, 6) is 0.950. The smallest absolute Gasteiger partial charge is 0.253 e. The van der Waals surface area contributed by atoms with Crippen LogP contribution in [0.15, 0.2) is 61.1 Å². The summed E-state index contributed by atoms with van der Waals surface area (Å²) in [6.07, 6.45) is 5.04. The fourth-order valence-electron chi connectivity index (χ4n) is 3.22. The van der Waals surface area contributed by atoms with E-state index in [1.807, 2.05) is 6.07 Å². The third kappa shape index (κ3) is 4.48. The van der Waals surface area contributed by atoms with Gasteiger partial charge in [-0.25, -0.2) is 19.3 Å². The number of aromatic nitrogens is 3. The quantitative estimate of drug-likeness (QED) is 0.718. The van der Waals surface area contributed by atoms with E-state index >= 15 is 0 Å². The second kappa shape index (κ2) is 8.64. The summed E-state index contributed by atoms with van der Waals surface area (Å²) in [6, 6.07) is 11.8. The predicted molar refractivity (Wildman–Crippen MR) is 108 cm³/mol. The van der Waals surface area contributed by atoms with Crippen molar-refractivity contribution in [2.45, 2.75) is 6.54 Å². The molecule has 0 atom stereocenters. The normalized spacial score (nSPS) is 14.0. The number of benzene rings is 1. The second-order valence-electron chi connectivity index (χ2n) is 6.70.